The van der Waals surface area contributed by atoms with Crippen LogP contribution in [-0.2, 0) is 11.3 Å². The van der Waals surface area contributed by atoms with E-state index in [-0.39, 0.29) is 17.7 Å². The second kappa shape index (κ2) is 9.69. The van der Waals surface area contributed by atoms with Crippen LogP contribution in [0.4, 0.5) is 0 Å². The minimum atomic E-state index is -0.167. The first-order valence-corrected chi connectivity index (χ1v) is 10.8. The third-order valence-electron chi connectivity index (χ3n) is 4.77. The molecule has 9 nitrogen and oxygen atoms in total. The van der Waals surface area contributed by atoms with Gasteiger partial charge in [0, 0.05) is 0 Å². The van der Waals surface area contributed by atoms with E-state index in [4.69, 9.17) is 14.2 Å². The van der Waals surface area contributed by atoms with Gasteiger partial charge >= 0.3 is 0 Å². The average Bonchev–Trinajstić information content (AvgIpc) is 3.24. The SMILES string of the molecule is COc1ccc(Cn2nnnc2SCC(=O)N[C@H](C)c2ccc3c(c2)OCCO3)cc1. The van der Waals surface area contributed by atoms with Crippen LogP contribution in [0.25, 0.3) is 0 Å². The molecule has 0 unspecified atom stereocenters. The zero-order chi connectivity index (χ0) is 21.6. The second-order valence-electron chi connectivity index (χ2n) is 6.95. The van der Waals surface area contributed by atoms with Gasteiger partial charge in [0.25, 0.3) is 0 Å². The summed E-state index contributed by atoms with van der Waals surface area (Å²) in [6.07, 6.45) is 0. The Morgan fingerprint density at radius 1 is 1.19 bits per heavy atom. The molecular formula is C21H23N5O4S. The fourth-order valence-corrected chi connectivity index (χ4v) is 3.82. The minimum absolute atomic E-state index is 0.105. The molecule has 1 amide bonds. The Hall–Kier alpha value is -3.27. The highest BCUT2D eigenvalue weighted by atomic mass is 32.2. The number of rotatable bonds is 8. The molecule has 1 N–H and O–H groups in total. The molecule has 0 fully saturated rings. The lowest BCUT2D eigenvalue weighted by Crippen LogP contribution is -2.28. The van der Waals surface area contributed by atoms with Crippen molar-refractivity contribution >= 4 is 17.7 Å². The number of nitrogens with zero attached hydrogens (tertiary/aromatic N) is 4. The van der Waals surface area contributed by atoms with E-state index in [2.05, 4.69) is 20.8 Å². The van der Waals surface area contributed by atoms with Gasteiger partial charge in [0.1, 0.15) is 19.0 Å². The summed E-state index contributed by atoms with van der Waals surface area (Å²) >= 11 is 1.29. The summed E-state index contributed by atoms with van der Waals surface area (Å²) in [6.45, 7) is 3.52. The number of hydrogen-bond acceptors (Lipinski definition) is 8. The number of ether oxygens (including phenoxy) is 3. The molecule has 0 radical (unpaired) electrons. The van der Waals surface area contributed by atoms with Crippen molar-refractivity contribution in [3.8, 4) is 17.2 Å². The Balaban J connectivity index is 1.31. The molecule has 31 heavy (non-hydrogen) atoms. The summed E-state index contributed by atoms with van der Waals surface area (Å²) in [5.74, 6) is 2.33. The van der Waals surface area contributed by atoms with Gasteiger partial charge in [-0.3, -0.25) is 4.79 Å². The fraction of sp³-hybridized carbons (Fsp3) is 0.333. The summed E-state index contributed by atoms with van der Waals surface area (Å²) in [6, 6.07) is 13.2. The monoisotopic (exact) mass is 441 g/mol. The molecule has 2 heterocycles. The summed E-state index contributed by atoms with van der Waals surface area (Å²) in [5.41, 5.74) is 1.98. The van der Waals surface area contributed by atoms with Gasteiger partial charge in [0.2, 0.25) is 11.1 Å². The van der Waals surface area contributed by atoms with E-state index in [0.29, 0.717) is 30.7 Å². The molecule has 0 bridgehead atoms. The molecule has 2 aromatic carbocycles. The Labute approximate surface area is 184 Å². The lowest BCUT2D eigenvalue weighted by atomic mass is 10.1. The quantitative estimate of drug-likeness (QED) is 0.532. The first-order valence-electron chi connectivity index (χ1n) is 9.83. The fourth-order valence-electron chi connectivity index (χ4n) is 3.13. The van der Waals surface area contributed by atoms with Gasteiger partial charge in [-0.05, 0) is 52.7 Å². The molecular weight excluding hydrogens is 418 g/mol. The molecule has 10 heteroatoms. The molecule has 4 rings (SSSR count). The number of methoxy groups -OCH3 is 1. The maximum Gasteiger partial charge on any atom is 0.230 e. The topological polar surface area (TPSA) is 100 Å². The van der Waals surface area contributed by atoms with Gasteiger partial charge in [-0.1, -0.05) is 30.0 Å². The zero-order valence-electron chi connectivity index (χ0n) is 17.3. The van der Waals surface area contributed by atoms with Crippen molar-refractivity contribution in [2.45, 2.75) is 24.7 Å². The van der Waals surface area contributed by atoms with Crippen LogP contribution in [0.3, 0.4) is 0 Å². The number of aromatic nitrogens is 4. The van der Waals surface area contributed by atoms with Crippen LogP contribution in [0.2, 0.25) is 0 Å². The van der Waals surface area contributed by atoms with E-state index in [9.17, 15) is 4.79 Å². The van der Waals surface area contributed by atoms with Crippen LogP contribution in [0.5, 0.6) is 17.2 Å². The van der Waals surface area contributed by atoms with E-state index >= 15 is 0 Å². The van der Waals surface area contributed by atoms with E-state index < -0.39 is 0 Å². The van der Waals surface area contributed by atoms with E-state index in [1.807, 2.05) is 49.4 Å². The number of fused-ring (bicyclic) bond motifs is 1. The van der Waals surface area contributed by atoms with Gasteiger partial charge in [0.15, 0.2) is 11.5 Å². The van der Waals surface area contributed by atoms with Crippen molar-refractivity contribution in [1.82, 2.24) is 25.5 Å². The maximum absolute atomic E-state index is 12.5. The molecule has 0 saturated heterocycles. The van der Waals surface area contributed by atoms with Crippen molar-refractivity contribution in [1.29, 1.82) is 0 Å². The minimum Gasteiger partial charge on any atom is -0.497 e. The normalized spacial score (nSPS) is 13.5. The van der Waals surface area contributed by atoms with Gasteiger partial charge in [-0.15, -0.1) is 5.10 Å². The van der Waals surface area contributed by atoms with Crippen molar-refractivity contribution in [3.63, 3.8) is 0 Å². The molecule has 1 aromatic heterocycles. The molecule has 3 aromatic rings. The van der Waals surface area contributed by atoms with Crippen LogP contribution < -0.4 is 19.5 Å². The number of nitrogens with one attached hydrogen (secondary N) is 1. The molecule has 0 aliphatic carbocycles. The highest BCUT2D eigenvalue weighted by Gasteiger charge is 2.17. The highest BCUT2D eigenvalue weighted by molar-refractivity contribution is 7.99. The molecule has 162 valence electrons. The number of thioether (sulfide) groups is 1. The Morgan fingerprint density at radius 2 is 1.97 bits per heavy atom. The van der Waals surface area contributed by atoms with Crippen LogP contribution in [-0.4, -0.2) is 52.2 Å². The van der Waals surface area contributed by atoms with Crippen LogP contribution >= 0.6 is 11.8 Å². The largest absolute Gasteiger partial charge is 0.497 e. The summed E-state index contributed by atoms with van der Waals surface area (Å²) in [7, 11) is 1.63. The summed E-state index contributed by atoms with van der Waals surface area (Å²) in [5, 5.41) is 15.4. The number of hydrogen-bond donors (Lipinski definition) is 1. The smallest absolute Gasteiger partial charge is 0.230 e. The van der Waals surface area contributed by atoms with Crippen molar-refractivity contribution < 1.29 is 19.0 Å². The van der Waals surface area contributed by atoms with E-state index in [1.165, 1.54) is 11.8 Å². The summed E-state index contributed by atoms with van der Waals surface area (Å²) < 4.78 is 18.0. The Kier molecular flexibility index (Phi) is 6.56. The predicted octanol–water partition coefficient (Wildman–Crippen LogP) is 2.47. The van der Waals surface area contributed by atoms with Gasteiger partial charge in [-0.2, -0.15) is 0 Å². The zero-order valence-corrected chi connectivity index (χ0v) is 18.1. The van der Waals surface area contributed by atoms with Crippen molar-refractivity contribution in [3.05, 3.63) is 53.6 Å². The highest BCUT2D eigenvalue weighted by Crippen LogP contribution is 2.32. The standard InChI is InChI=1S/C21H23N5O4S/c1-14(16-5-8-18-19(11-16)30-10-9-29-18)22-20(27)13-31-21-23-24-25-26(21)12-15-3-6-17(28-2)7-4-15/h3-8,11,14H,9-10,12-13H2,1-2H3,(H,22,27)/t14-/m1/s1. The van der Waals surface area contributed by atoms with E-state index in [1.54, 1.807) is 11.8 Å². The molecule has 0 spiro atoms. The second-order valence-corrected chi connectivity index (χ2v) is 7.89. The maximum atomic E-state index is 12.5. The Morgan fingerprint density at radius 3 is 2.74 bits per heavy atom. The lowest BCUT2D eigenvalue weighted by Gasteiger charge is -2.21. The molecule has 1 atom stereocenters. The van der Waals surface area contributed by atoms with Gasteiger partial charge < -0.3 is 19.5 Å². The lowest BCUT2D eigenvalue weighted by molar-refractivity contribution is -0.119. The number of benzene rings is 2. The number of amides is 1. The summed E-state index contributed by atoms with van der Waals surface area (Å²) in [4.78, 5) is 12.5. The van der Waals surface area contributed by atoms with Crippen LogP contribution in [0.1, 0.15) is 24.1 Å². The number of tetrazole rings is 1. The number of carbonyl (C=O) groups excluding carboxylic acids is 1. The Bertz CT molecular complexity index is 1040. The first-order chi connectivity index (χ1) is 15.1. The first kappa shape index (κ1) is 21.0. The van der Waals surface area contributed by atoms with E-state index in [0.717, 1.165) is 22.6 Å². The van der Waals surface area contributed by atoms with Crippen LogP contribution in [0.15, 0.2) is 47.6 Å². The third-order valence-corrected chi connectivity index (χ3v) is 5.72. The van der Waals surface area contributed by atoms with Gasteiger partial charge in [-0.25, -0.2) is 4.68 Å². The molecule has 1 aliphatic rings. The predicted molar refractivity (Wildman–Crippen MR) is 115 cm³/mol. The van der Waals surface area contributed by atoms with Crippen molar-refractivity contribution in [2.24, 2.45) is 0 Å². The van der Waals surface area contributed by atoms with Gasteiger partial charge in [0.05, 0.1) is 25.4 Å². The average molecular weight is 442 g/mol. The number of carbonyl (C=O) groups is 1. The van der Waals surface area contributed by atoms with Crippen molar-refractivity contribution in [2.75, 3.05) is 26.1 Å². The van der Waals surface area contributed by atoms with Crippen LogP contribution in [0, 0.1) is 0 Å². The molecule has 0 saturated carbocycles. The molecule has 1 aliphatic heterocycles. The third kappa shape index (κ3) is 5.26.